The van der Waals surface area contributed by atoms with Gasteiger partial charge in [-0.25, -0.2) is 8.42 Å². The van der Waals surface area contributed by atoms with E-state index in [9.17, 15) is 21.6 Å². The second-order valence-electron chi connectivity index (χ2n) is 5.46. The van der Waals surface area contributed by atoms with Crippen molar-refractivity contribution in [1.29, 1.82) is 0 Å². The molecule has 2 rings (SSSR count). The van der Waals surface area contributed by atoms with E-state index in [2.05, 4.69) is 10.2 Å². The molecule has 0 atom stereocenters. The van der Waals surface area contributed by atoms with Gasteiger partial charge >= 0.3 is 5.51 Å². The summed E-state index contributed by atoms with van der Waals surface area (Å²) in [5.41, 5.74) is -5.44. The SMILES string of the molecule is NSc1ccc(NCCCN2CCOCC2)c(S(=O)(=O)C(F)(F)F)c1. The Morgan fingerprint density at radius 2 is 1.96 bits per heavy atom. The number of alkyl halides is 3. The average molecular weight is 399 g/mol. The van der Waals surface area contributed by atoms with E-state index in [-0.39, 0.29) is 10.6 Å². The average Bonchev–Trinajstić information content (AvgIpc) is 2.58. The zero-order valence-electron chi connectivity index (χ0n) is 13.4. The van der Waals surface area contributed by atoms with Gasteiger partial charge in [-0.05, 0) is 43.1 Å². The van der Waals surface area contributed by atoms with Gasteiger partial charge < -0.3 is 10.1 Å². The van der Waals surface area contributed by atoms with Crippen LogP contribution in [0.1, 0.15) is 6.42 Å². The van der Waals surface area contributed by atoms with Gasteiger partial charge in [0.1, 0.15) is 4.90 Å². The van der Waals surface area contributed by atoms with Crippen LogP contribution in [-0.2, 0) is 14.6 Å². The van der Waals surface area contributed by atoms with Crippen molar-refractivity contribution in [1.82, 2.24) is 4.90 Å². The van der Waals surface area contributed by atoms with Crippen LogP contribution in [0.5, 0.6) is 0 Å². The predicted molar refractivity (Wildman–Crippen MR) is 90.1 cm³/mol. The van der Waals surface area contributed by atoms with Gasteiger partial charge in [-0.1, -0.05) is 0 Å². The van der Waals surface area contributed by atoms with Crippen molar-refractivity contribution in [3.8, 4) is 0 Å². The number of anilines is 1. The molecule has 1 heterocycles. The molecule has 1 aliphatic heterocycles. The molecule has 0 aliphatic carbocycles. The van der Waals surface area contributed by atoms with Crippen molar-refractivity contribution < 1.29 is 26.3 Å². The highest BCUT2D eigenvalue weighted by atomic mass is 32.2. The first kappa shape index (κ1) is 20.3. The standard InChI is InChI=1S/C14H20F3N3O3S2/c15-14(16,17)25(21,22)13-10-11(24-18)2-3-12(13)19-4-1-5-20-6-8-23-9-7-20/h2-3,10,19H,1,4-9,18H2. The van der Waals surface area contributed by atoms with Crippen molar-refractivity contribution in [2.45, 2.75) is 21.7 Å². The normalized spacial score (nSPS) is 16.8. The lowest BCUT2D eigenvalue weighted by Gasteiger charge is -2.26. The Balaban J connectivity index is 2.06. The fourth-order valence-electron chi connectivity index (χ4n) is 2.42. The Hall–Kier alpha value is -1.01. The van der Waals surface area contributed by atoms with Gasteiger partial charge in [0.2, 0.25) is 0 Å². The maximum atomic E-state index is 12.9. The van der Waals surface area contributed by atoms with E-state index >= 15 is 0 Å². The minimum absolute atomic E-state index is 0.0721. The number of nitrogens with zero attached hydrogens (tertiary/aromatic N) is 1. The van der Waals surface area contributed by atoms with Crippen LogP contribution in [0.4, 0.5) is 18.9 Å². The van der Waals surface area contributed by atoms with Crippen molar-refractivity contribution in [2.24, 2.45) is 5.14 Å². The Morgan fingerprint density at radius 3 is 2.56 bits per heavy atom. The molecule has 0 amide bonds. The lowest BCUT2D eigenvalue weighted by atomic mass is 10.3. The van der Waals surface area contributed by atoms with Crippen LogP contribution in [0, 0.1) is 0 Å². The van der Waals surface area contributed by atoms with E-state index in [4.69, 9.17) is 9.88 Å². The first-order valence-electron chi connectivity index (χ1n) is 7.62. The highest BCUT2D eigenvalue weighted by Crippen LogP contribution is 2.36. The van der Waals surface area contributed by atoms with E-state index in [0.29, 0.717) is 38.1 Å². The molecule has 0 unspecified atom stereocenters. The summed E-state index contributed by atoms with van der Waals surface area (Å²) in [6.45, 7) is 4.08. The number of hydrogen-bond acceptors (Lipinski definition) is 7. The molecule has 3 N–H and O–H groups in total. The molecule has 0 bridgehead atoms. The van der Waals surface area contributed by atoms with Crippen LogP contribution in [0.25, 0.3) is 0 Å². The molecular weight excluding hydrogens is 379 g/mol. The topological polar surface area (TPSA) is 84.7 Å². The highest BCUT2D eigenvalue weighted by molar-refractivity contribution is 7.97. The third-order valence-corrected chi connectivity index (χ3v) is 5.81. The quantitative estimate of drug-likeness (QED) is 0.536. The summed E-state index contributed by atoms with van der Waals surface area (Å²) in [4.78, 5) is 1.62. The minimum atomic E-state index is -5.46. The second-order valence-corrected chi connectivity index (χ2v) is 8.08. The first-order chi connectivity index (χ1) is 11.8. The van der Waals surface area contributed by atoms with Gasteiger partial charge in [0.05, 0.1) is 18.9 Å². The van der Waals surface area contributed by atoms with E-state index in [1.165, 1.54) is 12.1 Å². The molecular formula is C14H20F3N3O3S2. The predicted octanol–water partition coefficient (Wildman–Crippen LogP) is 2.08. The summed E-state index contributed by atoms with van der Waals surface area (Å²) in [5, 5.41) is 8.13. The smallest absolute Gasteiger partial charge is 0.384 e. The van der Waals surface area contributed by atoms with Gasteiger partial charge in [0.15, 0.2) is 0 Å². The number of ether oxygens (including phenoxy) is 1. The lowest BCUT2D eigenvalue weighted by Crippen LogP contribution is -2.37. The Morgan fingerprint density at radius 1 is 1.28 bits per heavy atom. The van der Waals surface area contributed by atoms with Crippen LogP contribution < -0.4 is 10.5 Å². The third-order valence-electron chi connectivity index (χ3n) is 3.75. The number of morpholine rings is 1. The van der Waals surface area contributed by atoms with Crippen LogP contribution in [0.2, 0.25) is 0 Å². The van der Waals surface area contributed by atoms with Gasteiger partial charge in [-0.2, -0.15) is 13.2 Å². The molecule has 142 valence electrons. The maximum absolute atomic E-state index is 12.9. The second kappa shape index (κ2) is 8.58. The summed E-state index contributed by atoms with van der Waals surface area (Å²) >= 11 is 0.687. The number of halogens is 3. The molecule has 0 radical (unpaired) electrons. The number of benzene rings is 1. The van der Waals surface area contributed by atoms with Crippen LogP contribution in [0.3, 0.4) is 0 Å². The third kappa shape index (κ3) is 5.23. The van der Waals surface area contributed by atoms with Crippen molar-refractivity contribution in [3.05, 3.63) is 18.2 Å². The Labute approximate surface area is 148 Å². The monoisotopic (exact) mass is 399 g/mol. The van der Waals surface area contributed by atoms with Crippen molar-refractivity contribution >= 4 is 27.5 Å². The van der Waals surface area contributed by atoms with E-state index in [1.54, 1.807) is 0 Å². The highest BCUT2D eigenvalue weighted by Gasteiger charge is 2.48. The lowest BCUT2D eigenvalue weighted by molar-refractivity contribution is -0.0435. The molecule has 1 aliphatic rings. The Kier molecular flexibility index (Phi) is 6.97. The van der Waals surface area contributed by atoms with E-state index in [0.717, 1.165) is 25.7 Å². The van der Waals surface area contributed by atoms with E-state index in [1.807, 2.05) is 0 Å². The minimum Gasteiger partial charge on any atom is -0.384 e. The summed E-state index contributed by atoms with van der Waals surface area (Å²) in [7, 11) is -5.46. The van der Waals surface area contributed by atoms with Gasteiger partial charge in [0.25, 0.3) is 9.84 Å². The molecule has 1 aromatic carbocycles. The molecule has 0 saturated carbocycles. The number of nitrogens with two attached hydrogens (primary N) is 1. The Bertz CT molecular complexity index is 678. The molecule has 0 aromatic heterocycles. The van der Waals surface area contributed by atoms with Crippen LogP contribution in [0.15, 0.2) is 28.0 Å². The molecule has 0 spiro atoms. The molecule has 1 aromatic rings. The zero-order valence-corrected chi connectivity index (χ0v) is 15.0. The summed E-state index contributed by atoms with van der Waals surface area (Å²) in [6, 6.07) is 3.73. The number of hydrogen-bond donors (Lipinski definition) is 2. The van der Waals surface area contributed by atoms with Gasteiger partial charge in [-0.15, -0.1) is 0 Å². The number of nitrogens with one attached hydrogen (secondary N) is 1. The van der Waals surface area contributed by atoms with E-state index < -0.39 is 20.2 Å². The van der Waals surface area contributed by atoms with Crippen LogP contribution >= 0.6 is 11.9 Å². The van der Waals surface area contributed by atoms with Crippen molar-refractivity contribution in [2.75, 3.05) is 44.7 Å². The zero-order chi connectivity index (χ0) is 18.5. The van der Waals surface area contributed by atoms with Gasteiger partial charge in [-0.3, -0.25) is 10.0 Å². The van der Waals surface area contributed by atoms with Crippen LogP contribution in [-0.4, -0.2) is 58.2 Å². The molecule has 25 heavy (non-hydrogen) atoms. The fraction of sp³-hybridized carbons (Fsp3) is 0.571. The summed E-state index contributed by atoms with van der Waals surface area (Å²) < 4.78 is 67.5. The molecule has 11 heteroatoms. The molecule has 1 fully saturated rings. The maximum Gasteiger partial charge on any atom is 0.501 e. The summed E-state index contributed by atoms with van der Waals surface area (Å²) in [5.74, 6) is 0. The molecule has 1 saturated heterocycles. The number of sulfone groups is 1. The number of rotatable bonds is 7. The summed E-state index contributed by atoms with van der Waals surface area (Å²) in [6.07, 6.45) is 0.666. The fourth-order valence-corrected chi connectivity index (χ4v) is 3.79. The largest absolute Gasteiger partial charge is 0.501 e. The van der Waals surface area contributed by atoms with Gasteiger partial charge in [0, 0.05) is 24.5 Å². The first-order valence-corrected chi connectivity index (χ1v) is 9.98. The molecule has 6 nitrogen and oxygen atoms in total. The van der Waals surface area contributed by atoms with Crippen molar-refractivity contribution in [3.63, 3.8) is 0 Å².